The zero-order chi connectivity index (χ0) is 27.0. The molecule has 196 valence electrons. The van der Waals surface area contributed by atoms with Crippen LogP contribution in [-0.4, -0.2) is 46.8 Å². The minimum atomic E-state index is -4.68. The second-order valence-corrected chi connectivity index (χ2v) is 8.27. The SMILES string of the molecule is Cc1nn([C@H](C)[C@](O)(Cn2cncn2)c2ccc(F)cc2)c(=O)n1-c1ccc(OC(F)(F)C(F)F)cc1. The lowest BCUT2D eigenvalue weighted by Gasteiger charge is -2.34. The number of nitrogens with zero attached hydrogens (tertiary/aromatic N) is 6. The van der Waals surface area contributed by atoms with E-state index in [-0.39, 0.29) is 23.6 Å². The van der Waals surface area contributed by atoms with Crippen molar-refractivity contribution >= 4 is 0 Å². The Hall–Kier alpha value is -4.07. The van der Waals surface area contributed by atoms with E-state index in [4.69, 9.17) is 0 Å². The van der Waals surface area contributed by atoms with E-state index >= 15 is 0 Å². The highest BCUT2D eigenvalue weighted by molar-refractivity contribution is 5.38. The second kappa shape index (κ2) is 9.76. The molecule has 0 saturated carbocycles. The molecule has 1 N–H and O–H groups in total. The van der Waals surface area contributed by atoms with Crippen molar-refractivity contribution in [1.82, 2.24) is 29.1 Å². The summed E-state index contributed by atoms with van der Waals surface area (Å²) in [6.45, 7) is 2.90. The Balaban J connectivity index is 1.70. The van der Waals surface area contributed by atoms with Crippen molar-refractivity contribution in [2.45, 2.75) is 44.6 Å². The van der Waals surface area contributed by atoms with Crippen molar-refractivity contribution in [3.63, 3.8) is 0 Å². The number of alkyl halides is 4. The van der Waals surface area contributed by atoms with Gasteiger partial charge < -0.3 is 9.84 Å². The molecule has 2 atom stereocenters. The number of rotatable bonds is 9. The molecule has 0 fully saturated rings. The van der Waals surface area contributed by atoms with Crippen molar-refractivity contribution in [2.24, 2.45) is 0 Å². The summed E-state index contributed by atoms with van der Waals surface area (Å²) in [5.41, 5.74) is -2.00. The summed E-state index contributed by atoms with van der Waals surface area (Å²) in [7, 11) is 0. The summed E-state index contributed by atoms with van der Waals surface area (Å²) in [5, 5.41) is 20.1. The van der Waals surface area contributed by atoms with Gasteiger partial charge in [0.2, 0.25) is 0 Å². The highest BCUT2D eigenvalue weighted by atomic mass is 19.3. The van der Waals surface area contributed by atoms with Gasteiger partial charge in [-0.1, -0.05) is 12.1 Å². The van der Waals surface area contributed by atoms with Crippen LogP contribution in [0.5, 0.6) is 5.75 Å². The third-order valence-corrected chi connectivity index (χ3v) is 5.84. The number of hydrogen-bond donors (Lipinski definition) is 1. The van der Waals surface area contributed by atoms with Crippen molar-refractivity contribution in [1.29, 1.82) is 0 Å². The quantitative estimate of drug-likeness (QED) is 0.337. The molecule has 0 radical (unpaired) electrons. The second-order valence-electron chi connectivity index (χ2n) is 8.27. The van der Waals surface area contributed by atoms with Crippen LogP contribution in [0.3, 0.4) is 0 Å². The van der Waals surface area contributed by atoms with Gasteiger partial charge in [0.1, 0.15) is 35.6 Å². The van der Waals surface area contributed by atoms with E-state index in [1.54, 1.807) is 6.92 Å². The molecule has 14 heteroatoms. The molecule has 2 heterocycles. The lowest BCUT2D eigenvalue weighted by Crippen LogP contribution is -2.43. The smallest absolute Gasteiger partial charge is 0.428 e. The Bertz CT molecular complexity index is 1400. The number of benzene rings is 2. The van der Waals surface area contributed by atoms with Gasteiger partial charge in [0.05, 0.1) is 18.3 Å². The molecule has 0 aliphatic rings. The van der Waals surface area contributed by atoms with E-state index < -0.39 is 41.4 Å². The zero-order valence-electron chi connectivity index (χ0n) is 19.5. The average Bonchev–Trinajstić information content (AvgIpc) is 3.46. The normalized spacial score (nSPS) is 14.5. The monoisotopic (exact) mass is 524 g/mol. The Morgan fingerprint density at radius 3 is 2.30 bits per heavy atom. The van der Waals surface area contributed by atoms with Crippen molar-refractivity contribution in [2.75, 3.05) is 0 Å². The van der Waals surface area contributed by atoms with Crippen LogP contribution < -0.4 is 10.4 Å². The van der Waals surface area contributed by atoms with E-state index in [2.05, 4.69) is 19.9 Å². The fourth-order valence-electron chi connectivity index (χ4n) is 3.87. The molecular formula is C23H21F5N6O3. The van der Waals surface area contributed by atoms with Crippen LogP contribution in [-0.2, 0) is 12.1 Å². The largest absolute Gasteiger partial charge is 0.461 e. The van der Waals surface area contributed by atoms with Crippen LogP contribution in [0.25, 0.3) is 5.69 Å². The predicted octanol–water partition coefficient (Wildman–Crippen LogP) is 3.46. The minimum Gasteiger partial charge on any atom is -0.428 e. The first-order chi connectivity index (χ1) is 17.4. The maximum atomic E-state index is 13.6. The molecule has 0 unspecified atom stereocenters. The molecule has 0 aliphatic carbocycles. The molecule has 0 aliphatic heterocycles. The first-order valence-corrected chi connectivity index (χ1v) is 10.9. The molecular weight excluding hydrogens is 503 g/mol. The van der Waals surface area contributed by atoms with Crippen molar-refractivity contribution in [3.8, 4) is 11.4 Å². The van der Waals surface area contributed by atoms with Crippen LogP contribution in [0.15, 0.2) is 66.0 Å². The fourth-order valence-corrected chi connectivity index (χ4v) is 3.87. The fraction of sp³-hybridized carbons (Fsp3) is 0.304. The summed E-state index contributed by atoms with van der Waals surface area (Å²) in [6.07, 6.45) is -6.06. The summed E-state index contributed by atoms with van der Waals surface area (Å²) in [6, 6.07) is 8.56. The maximum absolute atomic E-state index is 13.6. The van der Waals surface area contributed by atoms with E-state index in [1.807, 2.05) is 0 Å². The highest BCUT2D eigenvalue weighted by Crippen LogP contribution is 2.34. The Labute approximate surface area is 206 Å². The third kappa shape index (κ3) is 5.09. The van der Waals surface area contributed by atoms with Gasteiger partial charge in [-0.2, -0.15) is 27.8 Å². The van der Waals surface area contributed by atoms with Gasteiger partial charge in [0.25, 0.3) is 0 Å². The number of aryl methyl sites for hydroxylation is 1. The van der Waals surface area contributed by atoms with E-state index in [1.165, 1.54) is 60.7 Å². The number of aromatic nitrogens is 6. The molecule has 4 rings (SSSR count). The summed E-state index contributed by atoms with van der Waals surface area (Å²) in [5.74, 6) is -0.861. The molecule has 37 heavy (non-hydrogen) atoms. The molecule has 9 nitrogen and oxygen atoms in total. The number of ether oxygens (including phenoxy) is 1. The molecule has 0 saturated heterocycles. The molecule has 0 spiro atoms. The lowest BCUT2D eigenvalue weighted by atomic mass is 9.87. The van der Waals surface area contributed by atoms with E-state index in [0.29, 0.717) is 0 Å². The van der Waals surface area contributed by atoms with Gasteiger partial charge in [-0.3, -0.25) is 0 Å². The Kier molecular flexibility index (Phi) is 6.86. The molecule has 0 bridgehead atoms. The van der Waals surface area contributed by atoms with Crippen molar-refractivity contribution < 1.29 is 31.8 Å². The predicted molar refractivity (Wildman–Crippen MR) is 119 cm³/mol. The van der Waals surface area contributed by atoms with Gasteiger partial charge in [-0.25, -0.2) is 28.1 Å². The third-order valence-electron chi connectivity index (χ3n) is 5.84. The number of hydrogen-bond acceptors (Lipinski definition) is 6. The van der Waals surface area contributed by atoms with Crippen LogP contribution >= 0.6 is 0 Å². The standard InChI is InChI=1S/C23H21F5N6O3/c1-14(22(36,11-32-13-29-12-30-32)16-3-5-17(24)6-4-16)34-21(35)33(15(2)31-34)18-7-9-19(10-8-18)37-23(27,28)20(25)26/h3-10,12-14,20,36H,11H2,1-2H3/t14-,22-/m1/s1. The number of halogens is 5. The first kappa shape index (κ1) is 26.0. The van der Waals surface area contributed by atoms with E-state index in [0.717, 1.165) is 21.4 Å². The Morgan fingerprint density at radius 1 is 1.08 bits per heavy atom. The number of aliphatic hydroxyl groups is 1. The van der Waals surface area contributed by atoms with E-state index in [9.17, 15) is 31.9 Å². The van der Waals surface area contributed by atoms with Gasteiger partial charge >= 0.3 is 18.2 Å². The molecule has 4 aromatic rings. The maximum Gasteiger partial charge on any atom is 0.461 e. The molecule has 2 aromatic carbocycles. The minimum absolute atomic E-state index is 0.150. The van der Waals surface area contributed by atoms with Gasteiger partial charge in [0, 0.05) is 0 Å². The van der Waals surface area contributed by atoms with Gasteiger partial charge in [-0.05, 0) is 55.8 Å². The van der Waals surface area contributed by atoms with Gasteiger partial charge in [0.15, 0.2) is 0 Å². The van der Waals surface area contributed by atoms with Crippen LogP contribution in [0.1, 0.15) is 24.4 Å². The zero-order valence-corrected chi connectivity index (χ0v) is 19.5. The first-order valence-electron chi connectivity index (χ1n) is 10.9. The Morgan fingerprint density at radius 2 is 1.73 bits per heavy atom. The van der Waals surface area contributed by atoms with Crippen molar-refractivity contribution in [3.05, 3.63) is 88.9 Å². The van der Waals surface area contributed by atoms with Gasteiger partial charge in [-0.15, -0.1) is 0 Å². The molecule has 2 aromatic heterocycles. The summed E-state index contributed by atoms with van der Waals surface area (Å²) in [4.78, 5) is 17.2. The summed E-state index contributed by atoms with van der Waals surface area (Å²) < 4.78 is 72.3. The van der Waals surface area contributed by atoms with Crippen LogP contribution in [0.4, 0.5) is 22.0 Å². The van der Waals surface area contributed by atoms with Crippen LogP contribution in [0, 0.1) is 12.7 Å². The summed E-state index contributed by atoms with van der Waals surface area (Å²) >= 11 is 0. The average molecular weight is 524 g/mol. The van der Waals surface area contributed by atoms with Crippen LogP contribution in [0.2, 0.25) is 0 Å². The topological polar surface area (TPSA) is 100.0 Å². The molecule has 0 amide bonds. The lowest BCUT2D eigenvalue weighted by molar-refractivity contribution is -0.253. The highest BCUT2D eigenvalue weighted by Gasteiger charge is 2.44.